The van der Waals surface area contributed by atoms with E-state index in [0.29, 0.717) is 32.3 Å². The fourth-order valence-corrected chi connectivity index (χ4v) is 2.82. The van der Waals surface area contributed by atoms with Crippen molar-refractivity contribution < 1.29 is 29.1 Å². The van der Waals surface area contributed by atoms with Crippen LogP contribution in [0, 0.1) is 11.8 Å². The maximum Gasteiger partial charge on any atom is 0.326 e. The predicted octanol–water partition coefficient (Wildman–Crippen LogP) is 2.15. The molecule has 27 heavy (non-hydrogen) atoms. The summed E-state index contributed by atoms with van der Waals surface area (Å²) in [7, 11) is 0. The third-order valence-electron chi connectivity index (χ3n) is 4.44. The lowest BCUT2D eigenvalue weighted by molar-refractivity contribution is -0.200. The van der Waals surface area contributed by atoms with Gasteiger partial charge in [-0.3, -0.25) is 9.59 Å². The second kappa shape index (κ2) is 12.5. The van der Waals surface area contributed by atoms with E-state index in [9.17, 15) is 19.5 Å². The minimum Gasteiger partial charge on any atom is -0.480 e. The number of unbranched alkanes of at least 4 members (excludes halogenated alkanes) is 1. The van der Waals surface area contributed by atoms with Crippen LogP contribution in [0.2, 0.25) is 0 Å². The van der Waals surface area contributed by atoms with E-state index in [0.717, 1.165) is 12.8 Å². The van der Waals surface area contributed by atoms with Gasteiger partial charge in [-0.15, -0.1) is 6.58 Å². The number of rotatable bonds is 12. The molecule has 154 valence electrons. The van der Waals surface area contributed by atoms with Crippen molar-refractivity contribution in [2.45, 2.75) is 71.1 Å². The van der Waals surface area contributed by atoms with Crippen LogP contribution in [0.15, 0.2) is 12.7 Å². The minimum atomic E-state index is -1.09. The van der Waals surface area contributed by atoms with Crippen molar-refractivity contribution in [1.29, 1.82) is 0 Å². The molecule has 3 atom stereocenters. The van der Waals surface area contributed by atoms with Crippen molar-refractivity contribution in [3.05, 3.63) is 12.7 Å². The van der Waals surface area contributed by atoms with Crippen LogP contribution in [0.4, 0.5) is 0 Å². The van der Waals surface area contributed by atoms with Crippen molar-refractivity contribution in [3.63, 3.8) is 0 Å². The average Bonchev–Trinajstić information content (AvgIpc) is 2.63. The van der Waals surface area contributed by atoms with Crippen LogP contribution in [0.3, 0.4) is 0 Å². The van der Waals surface area contributed by atoms with E-state index in [1.54, 1.807) is 19.9 Å². The molecule has 1 aliphatic heterocycles. The number of allylic oxidation sites excluding steroid dienone is 1. The number of hydroxylamine groups is 1. The van der Waals surface area contributed by atoms with Gasteiger partial charge in [0, 0.05) is 25.4 Å². The lowest BCUT2D eigenvalue weighted by Crippen LogP contribution is -2.47. The SMILES string of the molecule is C=CCCC[C@H](CC(=O)NO[C@H]1CCCCO1)C(=O)N[C@H](C(=O)O)C(C)C. The van der Waals surface area contributed by atoms with Gasteiger partial charge in [0.2, 0.25) is 11.8 Å². The lowest BCUT2D eigenvalue weighted by atomic mass is 9.95. The molecule has 0 bridgehead atoms. The second-order valence-electron chi connectivity index (χ2n) is 7.13. The van der Waals surface area contributed by atoms with Crippen molar-refractivity contribution >= 4 is 17.8 Å². The van der Waals surface area contributed by atoms with E-state index in [1.807, 2.05) is 0 Å². The van der Waals surface area contributed by atoms with E-state index in [2.05, 4.69) is 17.4 Å². The van der Waals surface area contributed by atoms with E-state index in [-0.39, 0.29) is 12.3 Å². The number of carboxylic acid groups (broad SMARTS) is 1. The fourth-order valence-electron chi connectivity index (χ4n) is 2.82. The summed E-state index contributed by atoms with van der Waals surface area (Å²) >= 11 is 0. The van der Waals surface area contributed by atoms with Crippen molar-refractivity contribution in [2.24, 2.45) is 11.8 Å². The molecule has 1 fully saturated rings. The number of hydrogen-bond donors (Lipinski definition) is 3. The molecule has 1 rings (SSSR count). The number of aliphatic carboxylic acids is 1. The quantitative estimate of drug-likeness (QED) is 0.270. The number of carbonyl (C=O) groups excluding carboxylic acids is 2. The Bertz CT molecular complexity index is 502. The Hall–Kier alpha value is -1.93. The molecule has 0 aromatic rings. The van der Waals surface area contributed by atoms with Gasteiger partial charge in [0.15, 0.2) is 6.29 Å². The Morgan fingerprint density at radius 2 is 2.07 bits per heavy atom. The summed E-state index contributed by atoms with van der Waals surface area (Å²) in [6, 6.07) is -0.991. The van der Waals surface area contributed by atoms with E-state index < -0.39 is 36.0 Å². The highest BCUT2D eigenvalue weighted by Crippen LogP contribution is 2.16. The number of carboxylic acids is 1. The van der Waals surface area contributed by atoms with Crippen LogP contribution in [-0.4, -0.2) is 41.8 Å². The number of ether oxygens (including phenoxy) is 1. The van der Waals surface area contributed by atoms with Crippen LogP contribution in [0.5, 0.6) is 0 Å². The lowest BCUT2D eigenvalue weighted by Gasteiger charge is -2.24. The monoisotopic (exact) mass is 384 g/mol. The van der Waals surface area contributed by atoms with Crippen LogP contribution in [-0.2, 0) is 24.0 Å². The van der Waals surface area contributed by atoms with Gasteiger partial charge < -0.3 is 15.2 Å². The van der Waals surface area contributed by atoms with Crippen LogP contribution < -0.4 is 10.8 Å². The van der Waals surface area contributed by atoms with Crippen LogP contribution in [0.1, 0.15) is 58.8 Å². The number of carbonyl (C=O) groups is 3. The molecule has 0 radical (unpaired) electrons. The molecule has 3 N–H and O–H groups in total. The zero-order chi connectivity index (χ0) is 20.2. The molecule has 0 aromatic carbocycles. The molecule has 0 unspecified atom stereocenters. The summed E-state index contributed by atoms with van der Waals surface area (Å²) in [5.41, 5.74) is 2.35. The average molecular weight is 384 g/mol. The van der Waals surface area contributed by atoms with Crippen molar-refractivity contribution in [2.75, 3.05) is 6.61 Å². The normalized spacial score (nSPS) is 19.1. The first kappa shape index (κ1) is 23.1. The molecule has 0 saturated carbocycles. The van der Waals surface area contributed by atoms with Gasteiger partial charge >= 0.3 is 5.97 Å². The van der Waals surface area contributed by atoms with Crippen LogP contribution in [0.25, 0.3) is 0 Å². The van der Waals surface area contributed by atoms with Gasteiger partial charge in [-0.05, 0) is 38.0 Å². The summed E-state index contributed by atoms with van der Waals surface area (Å²) < 4.78 is 5.37. The number of hydrogen-bond acceptors (Lipinski definition) is 5. The zero-order valence-corrected chi connectivity index (χ0v) is 16.2. The first-order chi connectivity index (χ1) is 12.8. The molecular weight excluding hydrogens is 352 g/mol. The van der Waals surface area contributed by atoms with E-state index in [4.69, 9.17) is 9.57 Å². The second-order valence-corrected chi connectivity index (χ2v) is 7.13. The topological polar surface area (TPSA) is 114 Å². The standard InChI is InChI=1S/C19H32N2O6/c1-4-5-6-9-14(18(23)20-17(13(2)3)19(24)25)12-15(22)21-27-16-10-7-8-11-26-16/h4,13-14,16-17H,1,5-12H2,2-3H3,(H,20,23)(H,21,22)(H,24,25)/t14-,16+,17+/m1/s1. The van der Waals surface area contributed by atoms with Crippen molar-refractivity contribution in [1.82, 2.24) is 10.8 Å². The Kier molecular flexibility index (Phi) is 10.7. The highest BCUT2D eigenvalue weighted by molar-refractivity contribution is 5.88. The molecule has 0 aromatic heterocycles. The van der Waals surface area contributed by atoms with Gasteiger partial charge in [0.1, 0.15) is 6.04 Å². The molecule has 0 spiro atoms. The van der Waals surface area contributed by atoms with Gasteiger partial charge in [-0.1, -0.05) is 19.9 Å². The minimum absolute atomic E-state index is 0.0832. The van der Waals surface area contributed by atoms with Gasteiger partial charge in [0.05, 0.1) is 0 Å². The fraction of sp³-hybridized carbons (Fsp3) is 0.737. The third-order valence-corrected chi connectivity index (χ3v) is 4.44. The van der Waals surface area contributed by atoms with E-state index in [1.165, 1.54) is 0 Å². The summed E-state index contributed by atoms with van der Waals surface area (Å²) in [6.45, 7) is 7.68. The summed E-state index contributed by atoms with van der Waals surface area (Å²) in [4.78, 5) is 41.3. The number of nitrogens with one attached hydrogen (secondary N) is 2. The molecule has 0 aliphatic carbocycles. The molecule has 2 amide bonds. The largest absolute Gasteiger partial charge is 0.480 e. The Morgan fingerprint density at radius 1 is 1.33 bits per heavy atom. The summed E-state index contributed by atoms with van der Waals surface area (Å²) in [5, 5.41) is 11.8. The van der Waals surface area contributed by atoms with Crippen LogP contribution >= 0.6 is 0 Å². The smallest absolute Gasteiger partial charge is 0.326 e. The zero-order valence-electron chi connectivity index (χ0n) is 16.2. The predicted molar refractivity (Wildman–Crippen MR) is 99.4 cm³/mol. The summed E-state index contributed by atoms with van der Waals surface area (Å²) in [5.74, 6) is -2.86. The van der Waals surface area contributed by atoms with Gasteiger partial charge in [-0.2, -0.15) is 0 Å². The molecule has 1 heterocycles. The molecule has 8 heteroatoms. The molecular formula is C19H32N2O6. The Balaban J connectivity index is 2.59. The molecule has 1 aliphatic rings. The van der Waals surface area contributed by atoms with Crippen molar-refractivity contribution in [3.8, 4) is 0 Å². The highest BCUT2D eigenvalue weighted by Gasteiger charge is 2.29. The van der Waals surface area contributed by atoms with E-state index >= 15 is 0 Å². The highest BCUT2D eigenvalue weighted by atomic mass is 16.8. The first-order valence-electron chi connectivity index (χ1n) is 9.55. The maximum absolute atomic E-state index is 12.6. The molecule has 8 nitrogen and oxygen atoms in total. The van der Waals surface area contributed by atoms with Gasteiger partial charge in [-0.25, -0.2) is 15.1 Å². The Labute approximate surface area is 160 Å². The molecule has 1 saturated heterocycles. The van der Waals surface area contributed by atoms with Gasteiger partial charge in [0.25, 0.3) is 0 Å². The maximum atomic E-state index is 12.6. The third kappa shape index (κ3) is 9.01. The first-order valence-corrected chi connectivity index (χ1v) is 9.55. The summed E-state index contributed by atoms with van der Waals surface area (Å²) in [6.07, 6.45) is 5.69. The number of amides is 2. The Morgan fingerprint density at radius 3 is 2.63 bits per heavy atom.